The molecule has 0 atom stereocenters. The molecule has 0 radical (unpaired) electrons. The number of rotatable bonds is 2. The Bertz CT molecular complexity index is 452. The maximum atomic E-state index is 13.2. The van der Waals surface area contributed by atoms with Crippen molar-refractivity contribution >= 4 is 5.97 Å². The minimum absolute atomic E-state index is 0.0912. The van der Waals surface area contributed by atoms with Gasteiger partial charge in [-0.15, -0.1) is 0 Å². The molecule has 0 saturated heterocycles. The lowest BCUT2D eigenvalue weighted by molar-refractivity contribution is 0.0686. The molecule has 3 N–H and O–H groups in total. The quantitative estimate of drug-likeness (QED) is 0.747. The Morgan fingerprint density at radius 3 is 2.38 bits per heavy atom. The molecule has 3 nitrogen and oxygen atoms in total. The van der Waals surface area contributed by atoms with E-state index in [2.05, 4.69) is 11.8 Å². The van der Waals surface area contributed by atoms with Gasteiger partial charge in [0.2, 0.25) is 0 Å². The maximum absolute atomic E-state index is 13.2. The molecule has 0 aliphatic rings. The van der Waals surface area contributed by atoms with Crippen molar-refractivity contribution in [1.82, 2.24) is 0 Å². The molecule has 0 bridgehead atoms. The predicted octanol–water partition coefficient (Wildman–Crippen LogP) is 1.36. The first kappa shape index (κ1) is 12.1. The van der Waals surface area contributed by atoms with Crippen molar-refractivity contribution in [3.63, 3.8) is 0 Å². The second-order valence-corrected chi connectivity index (χ2v) is 2.96. The van der Waals surface area contributed by atoms with E-state index in [0.717, 1.165) is 12.1 Å². The monoisotopic (exact) mass is 225 g/mol. The number of halogens is 2. The number of aromatic carboxylic acids is 1. The molecule has 84 valence electrons. The molecule has 16 heavy (non-hydrogen) atoms. The normalized spacial score (nSPS) is 9.44. The topological polar surface area (TPSA) is 63.3 Å². The van der Waals surface area contributed by atoms with Crippen molar-refractivity contribution in [3.8, 4) is 11.8 Å². The van der Waals surface area contributed by atoms with Crippen LogP contribution in [0.15, 0.2) is 12.1 Å². The average molecular weight is 225 g/mol. The summed E-state index contributed by atoms with van der Waals surface area (Å²) in [6.07, 6.45) is 0.407. The average Bonchev–Trinajstić information content (AvgIpc) is 2.16. The van der Waals surface area contributed by atoms with Gasteiger partial charge in [0.05, 0.1) is 0 Å². The lowest BCUT2D eigenvalue weighted by atomic mass is 10.1. The fraction of sp³-hybridized carbons (Fsp3) is 0.182. The van der Waals surface area contributed by atoms with Crippen LogP contribution in [0.5, 0.6) is 0 Å². The minimum Gasteiger partial charge on any atom is -0.477 e. The molecule has 0 aliphatic heterocycles. The van der Waals surface area contributed by atoms with Gasteiger partial charge in [0.1, 0.15) is 17.2 Å². The second kappa shape index (κ2) is 5.24. The zero-order valence-corrected chi connectivity index (χ0v) is 8.26. The number of carboxylic acid groups (broad SMARTS) is 1. The number of carbonyl (C=O) groups is 1. The molecule has 5 heteroatoms. The van der Waals surface area contributed by atoms with Crippen LogP contribution in [0, 0.1) is 23.5 Å². The van der Waals surface area contributed by atoms with Crippen LogP contribution in [0.4, 0.5) is 8.78 Å². The van der Waals surface area contributed by atoms with E-state index in [9.17, 15) is 13.6 Å². The third-order valence-electron chi connectivity index (χ3n) is 1.76. The van der Waals surface area contributed by atoms with E-state index in [1.807, 2.05) is 0 Å². The Balaban J connectivity index is 3.11. The molecule has 0 aliphatic carbocycles. The Morgan fingerprint density at radius 1 is 1.38 bits per heavy atom. The van der Waals surface area contributed by atoms with Crippen LogP contribution >= 0.6 is 0 Å². The summed E-state index contributed by atoms with van der Waals surface area (Å²) in [5.41, 5.74) is 4.31. The van der Waals surface area contributed by atoms with Gasteiger partial charge in [-0.25, -0.2) is 13.6 Å². The highest BCUT2D eigenvalue weighted by Crippen LogP contribution is 2.14. The Labute approximate surface area is 90.9 Å². The summed E-state index contributed by atoms with van der Waals surface area (Å²) >= 11 is 0. The summed E-state index contributed by atoms with van der Waals surface area (Å²) in [4.78, 5) is 10.5. The van der Waals surface area contributed by atoms with Crippen LogP contribution in [0.3, 0.4) is 0 Å². The van der Waals surface area contributed by atoms with Gasteiger partial charge in [-0.1, -0.05) is 11.8 Å². The van der Waals surface area contributed by atoms with Gasteiger partial charge in [-0.2, -0.15) is 0 Å². The van der Waals surface area contributed by atoms with E-state index in [-0.39, 0.29) is 5.56 Å². The summed E-state index contributed by atoms with van der Waals surface area (Å²) in [5, 5.41) is 8.52. The molecule has 0 unspecified atom stereocenters. The number of nitrogens with two attached hydrogens (primary N) is 1. The summed E-state index contributed by atoms with van der Waals surface area (Å²) in [6, 6.07) is 1.77. The van der Waals surface area contributed by atoms with Crippen LogP contribution < -0.4 is 5.73 Å². The molecular formula is C11H9F2NO2. The van der Waals surface area contributed by atoms with Gasteiger partial charge >= 0.3 is 5.97 Å². The highest BCUT2D eigenvalue weighted by Gasteiger charge is 2.16. The largest absolute Gasteiger partial charge is 0.477 e. The van der Waals surface area contributed by atoms with Crippen molar-refractivity contribution in [3.05, 3.63) is 34.9 Å². The third-order valence-corrected chi connectivity index (χ3v) is 1.76. The summed E-state index contributed by atoms with van der Waals surface area (Å²) in [6.45, 7) is 0.352. The van der Waals surface area contributed by atoms with Crippen LogP contribution in [0.1, 0.15) is 22.3 Å². The molecule has 0 spiro atoms. The lowest BCUT2D eigenvalue weighted by Gasteiger charge is -2.00. The van der Waals surface area contributed by atoms with E-state index < -0.39 is 23.2 Å². The first-order chi connectivity index (χ1) is 7.56. The van der Waals surface area contributed by atoms with Crippen molar-refractivity contribution < 1.29 is 18.7 Å². The number of hydrogen-bond donors (Lipinski definition) is 2. The number of carboxylic acids is 1. The summed E-state index contributed by atoms with van der Waals surface area (Å²) in [7, 11) is 0. The van der Waals surface area contributed by atoms with Crippen molar-refractivity contribution in [2.24, 2.45) is 5.73 Å². The molecule has 0 saturated carbocycles. The van der Waals surface area contributed by atoms with Crippen molar-refractivity contribution in [2.75, 3.05) is 6.54 Å². The van der Waals surface area contributed by atoms with E-state index in [4.69, 9.17) is 10.8 Å². The fourth-order valence-corrected chi connectivity index (χ4v) is 1.09. The Hall–Kier alpha value is -1.93. The first-order valence-electron chi connectivity index (χ1n) is 4.47. The highest BCUT2D eigenvalue weighted by molar-refractivity contribution is 5.88. The van der Waals surface area contributed by atoms with Gasteiger partial charge in [0.25, 0.3) is 0 Å². The van der Waals surface area contributed by atoms with Gasteiger partial charge < -0.3 is 10.8 Å². The standard InChI is InChI=1S/C11H9F2NO2/c12-8-5-7(3-1-2-4-14)6-9(13)10(8)11(15)16/h5-6H,2,4,14H2,(H,15,16). The highest BCUT2D eigenvalue weighted by atomic mass is 19.1. The van der Waals surface area contributed by atoms with Gasteiger partial charge in [0.15, 0.2) is 0 Å². The van der Waals surface area contributed by atoms with Crippen molar-refractivity contribution in [2.45, 2.75) is 6.42 Å². The summed E-state index contributed by atoms with van der Waals surface area (Å²) in [5.74, 6) is 1.18. The Morgan fingerprint density at radius 2 is 1.94 bits per heavy atom. The third kappa shape index (κ3) is 2.78. The first-order valence-corrected chi connectivity index (χ1v) is 4.47. The van der Waals surface area contributed by atoms with Crippen LogP contribution in [0.25, 0.3) is 0 Å². The van der Waals surface area contributed by atoms with E-state index in [1.54, 1.807) is 0 Å². The molecule has 1 aromatic rings. The Kier molecular flexibility index (Phi) is 3.97. The van der Waals surface area contributed by atoms with E-state index in [0.29, 0.717) is 13.0 Å². The molecule has 1 aromatic carbocycles. The van der Waals surface area contributed by atoms with E-state index >= 15 is 0 Å². The maximum Gasteiger partial charge on any atom is 0.341 e. The van der Waals surface area contributed by atoms with Crippen molar-refractivity contribution in [1.29, 1.82) is 0 Å². The second-order valence-electron chi connectivity index (χ2n) is 2.96. The molecule has 0 heterocycles. The SMILES string of the molecule is NCCC#Cc1cc(F)c(C(=O)O)c(F)c1. The zero-order valence-electron chi connectivity index (χ0n) is 8.26. The van der Waals surface area contributed by atoms with Crippen LogP contribution in [-0.4, -0.2) is 17.6 Å². The van der Waals surface area contributed by atoms with E-state index in [1.165, 1.54) is 0 Å². The molecular weight excluding hydrogens is 216 g/mol. The molecule has 0 aromatic heterocycles. The van der Waals surface area contributed by atoms with Gasteiger partial charge in [-0.3, -0.25) is 0 Å². The fourth-order valence-electron chi connectivity index (χ4n) is 1.09. The van der Waals surface area contributed by atoms with Crippen LogP contribution in [0.2, 0.25) is 0 Å². The van der Waals surface area contributed by atoms with Crippen LogP contribution in [-0.2, 0) is 0 Å². The lowest BCUT2D eigenvalue weighted by Crippen LogP contribution is -2.05. The van der Waals surface area contributed by atoms with Gasteiger partial charge in [-0.05, 0) is 12.1 Å². The minimum atomic E-state index is -1.64. The zero-order chi connectivity index (χ0) is 12.1. The number of benzene rings is 1. The molecule has 0 fully saturated rings. The predicted molar refractivity (Wildman–Crippen MR) is 53.9 cm³/mol. The molecule has 1 rings (SSSR count). The number of hydrogen-bond acceptors (Lipinski definition) is 2. The van der Waals surface area contributed by atoms with Gasteiger partial charge in [0, 0.05) is 18.5 Å². The molecule has 0 amide bonds. The smallest absolute Gasteiger partial charge is 0.341 e. The summed E-state index contributed by atoms with van der Waals surface area (Å²) < 4.78 is 26.3.